The van der Waals surface area contributed by atoms with Gasteiger partial charge in [-0.15, -0.1) is 0 Å². The first kappa shape index (κ1) is 17.6. The fourth-order valence-electron chi connectivity index (χ4n) is 2.40. The van der Waals surface area contributed by atoms with Gasteiger partial charge >= 0.3 is 0 Å². The number of para-hydroxylation sites is 1. The minimum atomic E-state index is -0.898. The number of amides is 2. The van der Waals surface area contributed by atoms with E-state index in [1.54, 1.807) is 0 Å². The molecule has 2 amide bonds. The van der Waals surface area contributed by atoms with Gasteiger partial charge in [-0.2, -0.15) is 0 Å². The highest BCUT2D eigenvalue weighted by Gasteiger charge is 2.20. The van der Waals surface area contributed by atoms with Crippen molar-refractivity contribution in [1.82, 2.24) is 0 Å². The monoisotopic (exact) mass is 332 g/mol. The second-order valence-electron chi connectivity index (χ2n) is 5.52. The van der Waals surface area contributed by atoms with Crippen LogP contribution in [0.4, 0.5) is 20.2 Å². The Bertz CT molecular complexity index is 770. The van der Waals surface area contributed by atoms with Crippen molar-refractivity contribution in [2.45, 2.75) is 20.8 Å². The molecule has 2 aromatic carbocycles. The molecule has 0 saturated carbocycles. The second kappa shape index (κ2) is 7.21. The van der Waals surface area contributed by atoms with Crippen LogP contribution in [0.1, 0.15) is 18.1 Å². The second-order valence-corrected chi connectivity index (χ2v) is 5.52. The van der Waals surface area contributed by atoms with Gasteiger partial charge < -0.3 is 10.2 Å². The number of aryl methyl sites for hydroxylation is 2. The van der Waals surface area contributed by atoms with E-state index in [-0.39, 0.29) is 12.2 Å². The third kappa shape index (κ3) is 3.95. The molecular formula is C18H18F2N2O2. The van der Waals surface area contributed by atoms with Gasteiger partial charge in [-0.25, -0.2) is 8.78 Å². The Morgan fingerprint density at radius 1 is 1.08 bits per heavy atom. The number of hydrogen-bond donors (Lipinski definition) is 1. The van der Waals surface area contributed by atoms with Crippen LogP contribution in [0.25, 0.3) is 0 Å². The predicted molar refractivity (Wildman–Crippen MR) is 88.9 cm³/mol. The molecule has 0 spiro atoms. The van der Waals surface area contributed by atoms with Crippen molar-refractivity contribution in [2.75, 3.05) is 16.8 Å². The summed E-state index contributed by atoms with van der Waals surface area (Å²) in [5.74, 6) is -2.63. The lowest BCUT2D eigenvalue weighted by Crippen LogP contribution is -2.37. The maximum Gasteiger partial charge on any atom is 0.244 e. The maximum absolute atomic E-state index is 13.9. The number of anilines is 2. The fourth-order valence-corrected chi connectivity index (χ4v) is 2.40. The van der Waals surface area contributed by atoms with Gasteiger partial charge in [0, 0.05) is 18.7 Å². The van der Waals surface area contributed by atoms with E-state index >= 15 is 0 Å². The summed E-state index contributed by atoms with van der Waals surface area (Å²) in [6, 6.07) is 8.43. The van der Waals surface area contributed by atoms with Crippen molar-refractivity contribution in [1.29, 1.82) is 0 Å². The normalized spacial score (nSPS) is 10.4. The Hall–Kier alpha value is -2.76. The van der Waals surface area contributed by atoms with Crippen LogP contribution >= 0.6 is 0 Å². The molecule has 2 rings (SSSR count). The van der Waals surface area contributed by atoms with Crippen LogP contribution in [0.3, 0.4) is 0 Å². The van der Waals surface area contributed by atoms with E-state index in [1.807, 2.05) is 32.0 Å². The molecule has 2 aromatic rings. The van der Waals surface area contributed by atoms with E-state index in [1.165, 1.54) is 6.92 Å². The number of halogens is 2. The smallest absolute Gasteiger partial charge is 0.244 e. The summed E-state index contributed by atoms with van der Waals surface area (Å²) in [5.41, 5.74) is 2.28. The van der Waals surface area contributed by atoms with Gasteiger partial charge in [0.25, 0.3) is 0 Å². The Balaban J connectivity index is 2.22. The summed E-state index contributed by atoms with van der Waals surface area (Å²) >= 11 is 0. The molecule has 0 bridgehead atoms. The first-order valence-corrected chi connectivity index (χ1v) is 7.39. The van der Waals surface area contributed by atoms with Crippen LogP contribution in [0.5, 0.6) is 0 Å². The van der Waals surface area contributed by atoms with Gasteiger partial charge in [-0.05, 0) is 37.1 Å². The van der Waals surface area contributed by atoms with Crippen LogP contribution in [-0.2, 0) is 9.59 Å². The molecule has 24 heavy (non-hydrogen) atoms. The number of hydrogen-bond acceptors (Lipinski definition) is 2. The lowest BCUT2D eigenvalue weighted by molar-refractivity contribution is -0.120. The number of nitrogens with zero attached hydrogens (tertiary/aromatic N) is 1. The van der Waals surface area contributed by atoms with Crippen molar-refractivity contribution in [3.63, 3.8) is 0 Å². The molecule has 126 valence electrons. The summed E-state index contributed by atoms with van der Waals surface area (Å²) in [7, 11) is 0. The standard InChI is InChI=1S/C18H18F2N2O2/c1-11-5-4-6-12(2)18(11)21-17(24)10-22(13(3)23)16-8-7-14(19)9-15(16)20/h4-9H,10H2,1-3H3,(H,21,24). The average molecular weight is 332 g/mol. The first-order chi connectivity index (χ1) is 11.3. The molecule has 0 saturated heterocycles. The molecule has 1 N–H and O–H groups in total. The number of nitrogens with one attached hydrogen (secondary N) is 1. The average Bonchev–Trinajstić information content (AvgIpc) is 2.49. The molecule has 6 heteroatoms. The Kier molecular flexibility index (Phi) is 5.28. The predicted octanol–water partition coefficient (Wildman–Crippen LogP) is 3.57. The molecule has 0 unspecified atom stereocenters. The number of carbonyl (C=O) groups excluding carboxylic acids is 2. The number of rotatable bonds is 4. The minimum Gasteiger partial charge on any atom is -0.324 e. The largest absolute Gasteiger partial charge is 0.324 e. The highest BCUT2D eigenvalue weighted by molar-refractivity contribution is 6.02. The molecule has 0 aliphatic rings. The van der Waals surface area contributed by atoms with Crippen LogP contribution in [0.15, 0.2) is 36.4 Å². The van der Waals surface area contributed by atoms with Crippen molar-refractivity contribution in [2.24, 2.45) is 0 Å². The zero-order chi connectivity index (χ0) is 17.9. The third-order valence-electron chi connectivity index (χ3n) is 3.63. The summed E-state index contributed by atoms with van der Waals surface area (Å²) in [4.78, 5) is 25.0. The minimum absolute atomic E-state index is 0.138. The van der Waals surface area contributed by atoms with Crippen molar-refractivity contribution in [3.05, 3.63) is 59.2 Å². The van der Waals surface area contributed by atoms with E-state index in [2.05, 4.69) is 5.32 Å². The summed E-state index contributed by atoms with van der Waals surface area (Å²) in [5, 5.41) is 2.74. The molecule has 0 aromatic heterocycles. The summed E-state index contributed by atoms with van der Waals surface area (Å²) in [6.07, 6.45) is 0. The summed E-state index contributed by atoms with van der Waals surface area (Å²) in [6.45, 7) is 4.55. The molecule has 0 heterocycles. The van der Waals surface area contributed by atoms with Gasteiger partial charge in [0.05, 0.1) is 5.69 Å². The highest BCUT2D eigenvalue weighted by Crippen LogP contribution is 2.22. The van der Waals surface area contributed by atoms with Gasteiger partial charge in [0.2, 0.25) is 11.8 Å². The van der Waals surface area contributed by atoms with E-state index in [0.29, 0.717) is 11.8 Å². The van der Waals surface area contributed by atoms with E-state index in [9.17, 15) is 18.4 Å². The van der Waals surface area contributed by atoms with Crippen molar-refractivity contribution >= 4 is 23.2 Å². The molecule has 0 radical (unpaired) electrons. The van der Waals surface area contributed by atoms with Gasteiger partial charge in [0.15, 0.2) is 0 Å². The lowest BCUT2D eigenvalue weighted by Gasteiger charge is -2.22. The highest BCUT2D eigenvalue weighted by atomic mass is 19.1. The number of carbonyl (C=O) groups is 2. The Morgan fingerprint density at radius 3 is 2.25 bits per heavy atom. The fraction of sp³-hybridized carbons (Fsp3) is 0.222. The molecular weight excluding hydrogens is 314 g/mol. The molecule has 0 aliphatic carbocycles. The Labute approximate surface area is 139 Å². The van der Waals surface area contributed by atoms with Crippen LogP contribution in [-0.4, -0.2) is 18.4 Å². The molecule has 0 atom stereocenters. The summed E-state index contributed by atoms with van der Waals surface area (Å²) < 4.78 is 26.9. The van der Waals surface area contributed by atoms with E-state index in [0.717, 1.165) is 28.2 Å². The SMILES string of the molecule is CC(=O)N(CC(=O)Nc1c(C)cccc1C)c1ccc(F)cc1F. The topological polar surface area (TPSA) is 49.4 Å². The quantitative estimate of drug-likeness (QED) is 0.930. The van der Waals surface area contributed by atoms with Gasteiger partial charge in [-0.3, -0.25) is 9.59 Å². The van der Waals surface area contributed by atoms with Crippen molar-refractivity contribution < 1.29 is 18.4 Å². The van der Waals surface area contributed by atoms with Crippen LogP contribution in [0, 0.1) is 25.5 Å². The van der Waals surface area contributed by atoms with E-state index < -0.39 is 23.4 Å². The first-order valence-electron chi connectivity index (χ1n) is 7.39. The molecule has 0 aliphatic heterocycles. The van der Waals surface area contributed by atoms with E-state index in [4.69, 9.17) is 0 Å². The zero-order valence-electron chi connectivity index (χ0n) is 13.7. The molecule has 0 fully saturated rings. The maximum atomic E-state index is 13.9. The van der Waals surface area contributed by atoms with Gasteiger partial charge in [0.1, 0.15) is 18.2 Å². The van der Waals surface area contributed by atoms with Crippen LogP contribution < -0.4 is 10.2 Å². The molecule has 4 nitrogen and oxygen atoms in total. The lowest BCUT2D eigenvalue weighted by atomic mass is 10.1. The van der Waals surface area contributed by atoms with Crippen molar-refractivity contribution in [3.8, 4) is 0 Å². The van der Waals surface area contributed by atoms with Gasteiger partial charge in [-0.1, -0.05) is 18.2 Å². The number of benzene rings is 2. The third-order valence-corrected chi connectivity index (χ3v) is 3.63. The Morgan fingerprint density at radius 2 is 1.71 bits per heavy atom. The zero-order valence-corrected chi connectivity index (χ0v) is 13.7. The van der Waals surface area contributed by atoms with Crippen LogP contribution in [0.2, 0.25) is 0 Å².